The van der Waals surface area contributed by atoms with Crippen LogP contribution in [0.2, 0.25) is 13.1 Å². The van der Waals surface area contributed by atoms with Gasteiger partial charge in [-0.05, 0) is 48.1 Å². The van der Waals surface area contributed by atoms with Crippen molar-refractivity contribution in [2.45, 2.75) is 77.9 Å². The van der Waals surface area contributed by atoms with E-state index in [2.05, 4.69) is 101 Å². The number of halogens is 2. The van der Waals surface area contributed by atoms with Gasteiger partial charge in [0.1, 0.15) is 5.76 Å². The van der Waals surface area contributed by atoms with Crippen molar-refractivity contribution in [1.82, 2.24) is 0 Å². The van der Waals surface area contributed by atoms with Crippen LogP contribution in [0.15, 0.2) is 76.9 Å². The summed E-state index contributed by atoms with van der Waals surface area (Å²) in [6.45, 7) is 13.9. The minimum absolute atomic E-state index is 0. The molecular formula is C33H39Cl2OSiZr. The van der Waals surface area contributed by atoms with Crippen molar-refractivity contribution in [3.63, 3.8) is 0 Å². The van der Waals surface area contributed by atoms with Gasteiger partial charge in [0.15, 0.2) is 0 Å². The molecule has 0 N–H and O–H groups in total. The van der Waals surface area contributed by atoms with Crippen LogP contribution >= 0.6 is 0 Å². The molecule has 0 saturated carbocycles. The van der Waals surface area contributed by atoms with Crippen LogP contribution in [0.5, 0.6) is 0 Å². The third kappa shape index (κ3) is 5.92. The van der Waals surface area contributed by atoms with Crippen LogP contribution in [0.4, 0.5) is 0 Å². The zero-order valence-electron chi connectivity index (χ0n) is 23.5. The van der Waals surface area contributed by atoms with Crippen LogP contribution in [0.1, 0.15) is 80.9 Å². The number of allylic oxidation sites excluding steroid dienone is 1. The first-order valence-corrected chi connectivity index (χ1v) is 16.5. The summed E-state index contributed by atoms with van der Waals surface area (Å²) >= 11 is 0. The normalized spacial score (nSPS) is 16.0. The van der Waals surface area contributed by atoms with Gasteiger partial charge in [0.2, 0.25) is 0 Å². The number of hydrogen-bond acceptors (Lipinski definition) is 1. The van der Waals surface area contributed by atoms with Gasteiger partial charge in [0, 0.05) is 11.1 Å². The van der Waals surface area contributed by atoms with Gasteiger partial charge in [-0.3, -0.25) is 0 Å². The van der Waals surface area contributed by atoms with Gasteiger partial charge in [-0.2, -0.15) is 6.07 Å². The molecule has 2 bridgehead atoms. The van der Waals surface area contributed by atoms with E-state index in [1.54, 1.807) is 10.8 Å². The van der Waals surface area contributed by atoms with Crippen LogP contribution in [0.25, 0.3) is 27.1 Å². The quantitative estimate of drug-likeness (QED) is 0.176. The number of unbranched alkanes of at least 4 members (excludes halogenated alkanes) is 2. The monoisotopic (exact) mass is 639 g/mol. The van der Waals surface area contributed by atoms with E-state index in [1.165, 1.54) is 70.0 Å². The standard InChI is InChI=1S/C23H27.C10H12OSi.2ClH.Zr/c1-4-5-6-8-18-11-13-19(14-12-18)22-10-7-9-20-15-21(17(2)3)16-23(20)22;1-6-9-7-4-5-11-8(7)10(6)12(9,2)3;;;/h7,9-17H,4-6,8H2,1-3H3;4-5,9H,1-3H3;2*1H;/q-1;;;;+3/p-2. The summed E-state index contributed by atoms with van der Waals surface area (Å²) in [4.78, 5) is 0. The molecule has 1 aliphatic carbocycles. The zero-order valence-corrected chi connectivity index (χ0v) is 28.5. The summed E-state index contributed by atoms with van der Waals surface area (Å²) in [6, 6.07) is 22.7. The third-order valence-corrected chi connectivity index (χ3v) is 12.3. The summed E-state index contributed by atoms with van der Waals surface area (Å²) in [5.74, 6) is 1.80. The maximum Gasteiger partial charge on any atom is 3.00 e. The van der Waals surface area contributed by atoms with E-state index in [4.69, 9.17) is 4.42 Å². The molecule has 38 heavy (non-hydrogen) atoms. The Morgan fingerprint density at radius 2 is 1.68 bits per heavy atom. The fourth-order valence-electron chi connectivity index (χ4n) is 6.38. The molecule has 2 aliphatic heterocycles. The Balaban J connectivity index is 0.000000287. The molecule has 1 unspecified atom stereocenters. The molecule has 1 aromatic heterocycles. The number of rotatable bonds is 6. The maximum atomic E-state index is 5.51. The van der Waals surface area contributed by atoms with Crippen molar-refractivity contribution in [3.8, 4) is 11.1 Å². The van der Waals surface area contributed by atoms with E-state index in [0.29, 0.717) is 5.92 Å². The van der Waals surface area contributed by atoms with Crippen molar-refractivity contribution in [3.05, 3.63) is 95.0 Å². The van der Waals surface area contributed by atoms with E-state index in [1.807, 2.05) is 6.26 Å². The van der Waals surface area contributed by atoms with Crippen LogP contribution in [0.3, 0.4) is 0 Å². The Labute approximate surface area is 261 Å². The molecule has 4 aromatic rings. The molecule has 5 heteroatoms. The first-order chi connectivity index (χ1) is 16.8. The average molecular weight is 642 g/mol. The molecule has 1 radical (unpaired) electrons. The van der Waals surface area contributed by atoms with Crippen molar-refractivity contribution in [2.75, 3.05) is 0 Å². The largest absolute Gasteiger partial charge is 3.00 e. The van der Waals surface area contributed by atoms with E-state index in [-0.39, 0.29) is 51.0 Å². The van der Waals surface area contributed by atoms with Gasteiger partial charge in [0.05, 0.1) is 14.3 Å². The minimum Gasteiger partial charge on any atom is -1.00 e. The number of fused-ring (bicyclic) bond motifs is 1. The van der Waals surface area contributed by atoms with E-state index in [9.17, 15) is 0 Å². The molecule has 0 spiro atoms. The van der Waals surface area contributed by atoms with Gasteiger partial charge < -0.3 is 29.2 Å². The number of benzene rings is 2. The second-order valence-corrected chi connectivity index (χ2v) is 15.8. The van der Waals surface area contributed by atoms with E-state index < -0.39 is 8.07 Å². The number of hydrogen-bond donors (Lipinski definition) is 0. The fourth-order valence-corrected chi connectivity index (χ4v) is 10.6. The van der Waals surface area contributed by atoms with Crippen LogP contribution in [-0.4, -0.2) is 8.07 Å². The summed E-state index contributed by atoms with van der Waals surface area (Å²) in [5.41, 5.74) is 9.41. The predicted molar refractivity (Wildman–Crippen MR) is 154 cm³/mol. The van der Waals surface area contributed by atoms with Gasteiger partial charge in [-0.1, -0.05) is 88.2 Å². The topological polar surface area (TPSA) is 13.1 Å². The van der Waals surface area contributed by atoms with E-state index >= 15 is 0 Å². The first-order valence-electron chi connectivity index (χ1n) is 13.4. The average Bonchev–Trinajstić information content (AvgIpc) is 3.57. The number of furan rings is 1. The first kappa shape index (κ1) is 33.0. The summed E-state index contributed by atoms with van der Waals surface area (Å²) in [7, 11) is -1.08. The molecule has 3 aromatic carbocycles. The van der Waals surface area contributed by atoms with E-state index in [0.717, 1.165) is 5.54 Å². The molecule has 0 saturated heterocycles. The Morgan fingerprint density at radius 3 is 2.29 bits per heavy atom. The Bertz CT molecular complexity index is 1380. The summed E-state index contributed by atoms with van der Waals surface area (Å²) in [6.07, 6.45) is 6.94. The summed E-state index contributed by atoms with van der Waals surface area (Å²) < 4.78 is 5.51. The van der Waals surface area contributed by atoms with Gasteiger partial charge in [-0.25, -0.2) is 0 Å². The van der Waals surface area contributed by atoms with Crippen molar-refractivity contribution < 1.29 is 55.4 Å². The fraction of sp³-hybridized carbons (Fsp3) is 0.364. The molecule has 1 nitrogen and oxygen atoms in total. The van der Waals surface area contributed by atoms with Crippen molar-refractivity contribution in [2.24, 2.45) is 0 Å². The van der Waals surface area contributed by atoms with Gasteiger partial charge in [0.25, 0.3) is 0 Å². The molecule has 7 rings (SSSR count). The molecule has 3 heterocycles. The Hall–Kier alpha value is -1.25. The van der Waals surface area contributed by atoms with Gasteiger partial charge >= 0.3 is 26.2 Å². The molecule has 3 aliphatic rings. The van der Waals surface area contributed by atoms with Crippen LogP contribution < -0.4 is 24.8 Å². The second-order valence-electron chi connectivity index (χ2n) is 11.3. The minimum atomic E-state index is -1.08. The molecule has 0 fully saturated rings. The predicted octanol–water partition coefficient (Wildman–Crippen LogP) is 4.04. The van der Waals surface area contributed by atoms with Crippen molar-refractivity contribution >= 4 is 24.0 Å². The SMILES string of the molecule is CC1=C2c3occc3C1[Si]2(C)C.CCCCCc1ccc(-c2cccc3[cH-]c(C(C)C)cc23)cc1.[Cl-].[Cl-].[Zr+3]. The summed E-state index contributed by atoms with van der Waals surface area (Å²) in [5, 5.41) is 4.33. The van der Waals surface area contributed by atoms with Gasteiger partial charge in [-0.15, -0.1) is 34.5 Å². The Kier molecular flexibility index (Phi) is 11.6. The van der Waals surface area contributed by atoms with Crippen molar-refractivity contribution in [1.29, 1.82) is 0 Å². The molecule has 199 valence electrons. The molecular weight excluding hydrogens is 603 g/mol. The second kappa shape index (κ2) is 13.4. The third-order valence-electron chi connectivity index (χ3n) is 8.20. The molecule has 1 atom stereocenters. The number of aryl methyl sites for hydroxylation is 1. The Morgan fingerprint density at radius 1 is 0.974 bits per heavy atom. The smallest absolute Gasteiger partial charge is 1.00 e. The van der Waals surface area contributed by atoms with Crippen LogP contribution in [0, 0.1) is 0 Å². The maximum absolute atomic E-state index is 5.51. The molecule has 0 amide bonds. The van der Waals surface area contributed by atoms with Crippen LogP contribution in [-0.2, 0) is 32.6 Å². The zero-order chi connectivity index (χ0) is 24.7.